The van der Waals surface area contributed by atoms with Gasteiger partial charge in [0.25, 0.3) is 0 Å². The highest BCUT2D eigenvalue weighted by Crippen LogP contribution is 2.37. The second-order valence-corrected chi connectivity index (χ2v) is 5.16. The Labute approximate surface area is 96.3 Å². The summed E-state index contributed by atoms with van der Waals surface area (Å²) in [7, 11) is 0. The van der Waals surface area contributed by atoms with Crippen molar-refractivity contribution in [2.45, 2.75) is 44.1 Å². The van der Waals surface area contributed by atoms with E-state index in [1.165, 1.54) is 0 Å². The SMILES string of the molecule is O=C(O)C1(N2CCC(CO)CC2)CCCC1. The van der Waals surface area contributed by atoms with Gasteiger partial charge in [-0.15, -0.1) is 0 Å². The Morgan fingerprint density at radius 2 is 1.81 bits per heavy atom. The number of aliphatic hydroxyl groups is 1. The molecule has 0 aromatic heterocycles. The van der Waals surface area contributed by atoms with Gasteiger partial charge in [0.05, 0.1) is 0 Å². The summed E-state index contributed by atoms with van der Waals surface area (Å²) in [4.78, 5) is 13.6. The topological polar surface area (TPSA) is 60.8 Å². The quantitative estimate of drug-likeness (QED) is 0.757. The summed E-state index contributed by atoms with van der Waals surface area (Å²) in [5.74, 6) is -0.268. The fourth-order valence-electron chi connectivity index (χ4n) is 3.17. The van der Waals surface area contributed by atoms with Crippen LogP contribution in [0.2, 0.25) is 0 Å². The van der Waals surface area contributed by atoms with Crippen molar-refractivity contribution in [3.63, 3.8) is 0 Å². The molecule has 0 radical (unpaired) electrons. The van der Waals surface area contributed by atoms with Gasteiger partial charge in [-0.3, -0.25) is 9.69 Å². The summed E-state index contributed by atoms with van der Waals surface area (Å²) in [5, 5.41) is 18.5. The van der Waals surface area contributed by atoms with Crippen LogP contribution in [0, 0.1) is 5.92 Å². The lowest BCUT2D eigenvalue weighted by atomic mass is 9.89. The molecular formula is C12H21NO3. The maximum absolute atomic E-state index is 11.5. The molecule has 0 bridgehead atoms. The smallest absolute Gasteiger partial charge is 0.324 e. The Hall–Kier alpha value is -0.610. The van der Waals surface area contributed by atoms with Gasteiger partial charge < -0.3 is 10.2 Å². The number of rotatable bonds is 3. The molecule has 1 saturated carbocycles. The first-order valence-corrected chi connectivity index (χ1v) is 6.28. The van der Waals surface area contributed by atoms with E-state index in [1.54, 1.807) is 0 Å². The van der Waals surface area contributed by atoms with Gasteiger partial charge in [-0.1, -0.05) is 12.8 Å². The Kier molecular flexibility index (Phi) is 3.50. The summed E-state index contributed by atoms with van der Waals surface area (Å²) in [5.41, 5.74) is -0.583. The molecule has 0 atom stereocenters. The molecule has 4 heteroatoms. The largest absolute Gasteiger partial charge is 0.480 e. The molecule has 1 saturated heterocycles. The molecule has 4 nitrogen and oxygen atoms in total. The first-order valence-electron chi connectivity index (χ1n) is 6.28. The van der Waals surface area contributed by atoms with Crippen molar-refractivity contribution < 1.29 is 15.0 Å². The van der Waals surface area contributed by atoms with Crippen LogP contribution in [0.3, 0.4) is 0 Å². The number of piperidine rings is 1. The molecule has 2 N–H and O–H groups in total. The van der Waals surface area contributed by atoms with Gasteiger partial charge in [-0.05, 0) is 44.7 Å². The lowest BCUT2D eigenvalue weighted by molar-refractivity contribution is -0.152. The van der Waals surface area contributed by atoms with Crippen LogP contribution < -0.4 is 0 Å². The fraction of sp³-hybridized carbons (Fsp3) is 0.917. The minimum atomic E-state index is -0.646. The predicted molar refractivity (Wildman–Crippen MR) is 60.2 cm³/mol. The van der Waals surface area contributed by atoms with Gasteiger partial charge >= 0.3 is 5.97 Å². The molecule has 92 valence electrons. The van der Waals surface area contributed by atoms with Crippen molar-refractivity contribution in [2.75, 3.05) is 19.7 Å². The molecule has 0 unspecified atom stereocenters. The van der Waals surface area contributed by atoms with E-state index >= 15 is 0 Å². The monoisotopic (exact) mass is 227 g/mol. The maximum atomic E-state index is 11.5. The Bertz CT molecular complexity index is 253. The average molecular weight is 227 g/mol. The van der Waals surface area contributed by atoms with Crippen LogP contribution in [0.1, 0.15) is 38.5 Å². The first-order chi connectivity index (χ1) is 7.69. The second kappa shape index (κ2) is 4.72. The summed E-state index contributed by atoms with van der Waals surface area (Å²) >= 11 is 0. The molecule has 0 amide bonds. The van der Waals surface area contributed by atoms with E-state index in [-0.39, 0.29) is 6.61 Å². The minimum Gasteiger partial charge on any atom is -0.480 e. The zero-order valence-electron chi connectivity index (χ0n) is 9.69. The highest BCUT2D eigenvalue weighted by atomic mass is 16.4. The van der Waals surface area contributed by atoms with E-state index < -0.39 is 11.5 Å². The molecule has 2 fully saturated rings. The summed E-state index contributed by atoms with van der Waals surface area (Å²) < 4.78 is 0. The van der Waals surface area contributed by atoms with Gasteiger partial charge in [-0.25, -0.2) is 0 Å². The first kappa shape index (κ1) is 11.9. The van der Waals surface area contributed by atoms with Crippen molar-refractivity contribution in [3.8, 4) is 0 Å². The minimum absolute atomic E-state index is 0.244. The van der Waals surface area contributed by atoms with Crippen LogP contribution in [0.5, 0.6) is 0 Å². The maximum Gasteiger partial charge on any atom is 0.324 e. The number of carboxylic acids is 1. The van der Waals surface area contributed by atoms with Gasteiger partial charge in [-0.2, -0.15) is 0 Å². The number of aliphatic carboxylic acids is 1. The van der Waals surface area contributed by atoms with E-state index in [2.05, 4.69) is 4.90 Å². The lowest BCUT2D eigenvalue weighted by Crippen LogP contribution is -2.55. The fourth-order valence-corrected chi connectivity index (χ4v) is 3.17. The summed E-state index contributed by atoms with van der Waals surface area (Å²) in [6.07, 6.45) is 5.54. The van der Waals surface area contributed by atoms with Crippen LogP contribution in [0.25, 0.3) is 0 Å². The van der Waals surface area contributed by atoms with Crippen molar-refractivity contribution >= 4 is 5.97 Å². The third-order valence-electron chi connectivity index (χ3n) is 4.31. The number of carboxylic acid groups (broad SMARTS) is 1. The molecule has 0 spiro atoms. The van der Waals surface area contributed by atoms with Gasteiger partial charge in [0.15, 0.2) is 0 Å². The Morgan fingerprint density at radius 3 is 2.25 bits per heavy atom. The highest BCUT2D eigenvalue weighted by Gasteiger charge is 2.47. The Balaban J connectivity index is 2.03. The van der Waals surface area contributed by atoms with Crippen LogP contribution in [0.15, 0.2) is 0 Å². The van der Waals surface area contributed by atoms with E-state index in [9.17, 15) is 9.90 Å². The third-order valence-corrected chi connectivity index (χ3v) is 4.31. The normalized spacial score (nSPS) is 27.1. The van der Waals surface area contributed by atoms with Crippen LogP contribution >= 0.6 is 0 Å². The zero-order chi connectivity index (χ0) is 11.6. The van der Waals surface area contributed by atoms with Crippen molar-refractivity contribution in [1.82, 2.24) is 4.90 Å². The Morgan fingerprint density at radius 1 is 1.25 bits per heavy atom. The molecule has 2 aliphatic rings. The van der Waals surface area contributed by atoms with Crippen LogP contribution in [0.4, 0.5) is 0 Å². The average Bonchev–Trinajstić information content (AvgIpc) is 2.79. The molecule has 0 aromatic carbocycles. The molecule has 1 aliphatic carbocycles. The third kappa shape index (κ3) is 1.96. The van der Waals surface area contributed by atoms with E-state index in [4.69, 9.17) is 5.11 Å². The van der Waals surface area contributed by atoms with Gasteiger partial charge in [0, 0.05) is 6.61 Å². The predicted octanol–water partition coefficient (Wildman–Crippen LogP) is 1.09. The molecule has 0 aromatic rings. The molecule has 16 heavy (non-hydrogen) atoms. The van der Waals surface area contributed by atoms with E-state index in [0.717, 1.165) is 51.6 Å². The standard InChI is InChI=1S/C12H21NO3/c14-9-10-3-7-13(8-4-10)12(11(15)16)5-1-2-6-12/h10,14H,1-9H2,(H,15,16). The highest BCUT2D eigenvalue weighted by molar-refractivity contribution is 5.79. The number of carbonyl (C=O) groups is 1. The molecular weight excluding hydrogens is 206 g/mol. The molecule has 1 aliphatic heterocycles. The number of hydrogen-bond donors (Lipinski definition) is 2. The number of aliphatic hydroxyl groups excluding tert-OH is 1. The zero-order valence-corrected chi connectivity index (χ0v) is 9.69. The second-order valence-electron chi connectivity index (χ2n) is 5.16. The van der Waals surface area contributed by atoms with Crippen molar-refractivity contribution in [3.05, 3.63) is 0 Å². The van der Waals surface area contributed by atoms with Crippen LogP contribution in [-0.2, 0) is 4.79 Å². The van der Waals surface area contributed by atoms with Gasteiger partial charge in [0.1, 0.15) is 5.54 Å². The van der Waals surface area contributed by atoms with Crippen molar-refractivity contribution in [1.29, 1.82) is 0 Å². The lowest BCUT2D eigenvalue weighted by Gasteiger charge is -2.42. The number of likely N-dealkylation sites (tertiary alicyclic amines) is 1. The summed E-state index contributed by atoms with van der Waals surface area (Å²) in [6.45, 7) is 1.91. The van der Waals surface area contributed by atoms with E-state index in [0.29, 0.717) is 5.92 Å². The molecule has 1 heterocycles. The number of nitrogens with zero attached hydrogens (tertiary/aromatic N) is 1. The number of hydrogen-bond acceptors (Lipinski definition) is 3. The van der Waals surface area contributed by atoms with E-state index in [1.807, 2.05) is 0 Å². The van der Waals surface area contributed by atoms with Gasteiger partial charge in [0.2, 0.25) is 0 Å². The van der Waals surface area contributed by atoms with Crippen LogP contribution in [-0.4, -0.2) is 46.3 Å². The van der Waals surface area contributed by atoms with Crippen molar-refractivity contribution in [2.24, 2.45) is 5.92 Å². The summed E-state index contributed by atoms with van der Waals surface area (Å²) in [6, 6.07) is 0. The molecule has 2 rings (SSSR count).